The van der Waals surface area contributed by atoms with Gasteiger partial charge in [-0.25, -0.2) is 4.39 Å². The Bertz CT molecular complexity index is 1180. The Hall–Kier alpha value is -2.79. The number of carbonyl (C=O) groups excluding carboxylic acids is 1. The number of aromatic nitrogens is 2. The molecule has 3 N–H and O–H groups in total. The Labute approximate surface area is 160 Å². The summed E-state index contributed by atoms with van der Waals surface area (Å²) in [5.74, 6) is -0.437. The highest BCUT2D eigenvalue weighted by molar-refractivity contribution is 6.31. The largest absolute Gasteiger partial charge is 0.356 e. The summed E-state index contributed by atoms with van der Waals surface area (Å²) < 4.78 is 14.0. The monoisotopic (exact) mass is 383 g/mol. The second kappa shape index (κ2) is 6.74. The molecule has 0 atom stereocenters. The van der Waals surface area contributed by atoms with Gasteiger partial charge in [-0.1, -0.05) is 17.7 Å². The topological polar surface area (TPSA) is 60.7 Å². The fraction of sp³-hybridized carbons (Fsp3) is 0.190. The van der Waals surface area contributed by atoms with Gasteiger partial charge < -0.3 is 15.3 Å². The lowest BCUT2D eigenvalue weighted by Gasteiger charge is -2.06. The average Bonchev–Trinajstić information content (AvgIpc) is 3.20. The van der Waals surface area contributed by atoms with Crippen molar-refractivity contribution in [1.29, 1.82) is 0 Å². The summed E-state index contributed by atoms with van der Waals surface area (Å²) in [7, 11) is 0. The molecule has 0 spiro atoms. The predicted octanol–water partition coefficient (Wildman–Crippen LogP) is 5.03. The van der Waals surface area contributed by atoms with E-state index in [1.165, 1.54) is 6.07 Å². The van der Waals surface area contributed by atoms with Gasteiger partial charge in [-0.05, 0) is 61.7 Å². The normalized spacial score (nSPS) is 11.4. The van der Waals surface area contributed by atoms with Crippen LogP contribution in [0, 0.1) is 19.7 Å². The molecule has 0 aliphatic heterocycles. The van der Waals surface area contributed by atoms with Crippen LogP contribution in [0.25, 0.3) is 21.8 Å². The predicted molar refractivity (Wildman–Crippen MR) is 107 cm³/mol. The average molecular weight is 384 g/mol. The number of aryl methyl sites for hydroxylation is 2. The molecule has 27 heavy (non-hydrogen) atoms. The number of hydrogen-bond donors (Lipinski definition) is 3. The molecule has 2 heterocycles. The van der Waals surface area contributed by atoms with E-state index in [0.29, 0.717) is 29.2 Å². The van der Waals surface area contributed by atoms with Crippen LogP contribution in [0.1, 0.15) is 27.3 Å². The fourth-order valence-corrected chi connectivity index (χ4v) is 3.76. The van der Waals surface area contributed by atoms with Gasteiger partial charge in [0.15, 0.2) is 0 Å². The molecular weight excluding hydrogens is 365 g/mol. The van der Waals surface area contributed by atoms with Gasteiger partial charge in [-0.15, -0.1) is 0 Å². The Morgan fingerprint density at radius 3 is 2.78 bits per heavy atom. The number of benzene rings is 2. The lowest BCUT2D eigenvalue weighted by molar-refractivity contribution is 0.0950. The Kier molecular flexibility index (Phi) is 4.40. The van der Waals surface area contributed by atoms with Crippen LogP contribution in [0.4, 0.5) is 4.39 Å². The number of halogens is 2. The number of aromatic amines is 2. The van der Waals surface area contributed by atoms with Crippen molar-refractivity contribution in [3.05, 3.63) is 69.8 Å². The Morgan fingerprint density at radius 1 is 1.15 bits per heavy atom. The SMILES string of the molecule is Cc1[nH]c2c(F)ccc(C)c2c1CCNC(=O)c1cc2cc(Cl)ccc2[nH]1. The van der Waals surface area contributed by atoms with E-state index in [9.17, 15) is 9.18 Å². The van der Waals surface area contributed by atoms with E-state index in [1.807, 2.05) is 26.0 Å². The summed E-state index contributed by atoms with van der Waals surface area (Å²) in [6, 6.07) is 10.5. The summed E-state index contributed by atoms with van der Waals surface area (Å²) in [6.07, 6.45) is 0.619. The molecule has 6 heteroatoms. The number of nitrogens with one attached hydrogen (secondary N) is 3. The van der Waals surface area contributed by atoms with Gasteiger partial charge in [-0.3, -0.25) is 4.79 Å². The number of rotatable bonds is 4. The van der Waals surface area contributed by atoms with Crippen molar-refractivity contribution < 1.29 is 9.18 Å². The molecule has 4 rings (SSSR count). The molecule has 4 nitrogen and oxygen atoms in total. The zero-order valence-corrected chi connectivity index (χ0v) is 15.8. The van der Waals surface area contributed by atoms with Crippen molar-refractivity contribution in [3.8, 4) is 0 Å². The second-order valence-electron chi connectivity index (χ2n) is 6.76. The third-order valence-electron chi connectivity index (χ3n) is 4.92. The first kappa shape index (κ1) is 17.6. The van der Waals surface area contributed by atoms with Crippen molar-refractivity contribution in [2.24, 2.45) is 0 Å². The molecule has 0 radical (unpaired) electrons. The third-order valence-corrected chi connectivity index (χ3v) is 5.15. The van der Waals surface area contributed by atoms with Crippen LogP contribution in [0.2, 0.25) is 5.02 Å². The molecule has 0 bridgehead atoms. The number of amides is 1. The van der Waals surface area contributed by atoms with Crippen LogP contribution in [0.3, 0.4) is 0 Å². The summed E-state index contributed by atoms with van der Waals surface area (Å²) in [4.78, 5) is 18.7. The van der Waals surface area contributed by atoms with Crippen LogP contribution < -0.4 is 5.32 Å². The van der Waals surface area contributed by atoms with Crippen molar-refractivity contribution in [3.63, 3.8) is 0 Å². The molecule has 138 valence electrons. The first-order chi connectivity index (χ1) is 12.9. The quantitative estimate of drug-likeness (QED) is 0.454. The molecule has 2 aromatic carbocycles. The van der Waals surface area contributed by atoms with Gasteiger partial charge in [0.1, 0.15) is 11.5 Å². The van der Waals surface area contributed by atoms with Crippen molar-refractivity contribution in [1.82, 2.24) is 15.3 Å². The van der Waals surface area contributed by atoms with Crippen LogP contribution in [-0.2, 0) is 6.42 Å². The molecule has 1 amide bonds. The minimum atomic E-state index is -0.259. The summed E-state index contributed by atoms with van der Waals surface area (Å²) in [6.45, 7) is 4.35. The molecule has 0 unspecified atom stereocenters. The number of carbonyl (C=O) groups is 1. The standard InChI is InChI=1S/C21H19ClFN3O/c1-11-3-5-16(23)20-19(11)15(12(2)25-20)7-8-24-21(27)18-10-13-9-14(22)4-6-17(13)26-18/h3-6,9-10,25-26H,7-8H2,1-2H3,(H,24,27). The highest BCUT2D eigenvalue weighted by atomic mass is 35.5. The highest BCUT2D eigenvalue weighted by Crippen LogP contribution is 2.28. The first-order valence-corrected chi connectivity index (χ1v) is 9.14. The molecule has 0 saturated carbocycles. The van der Waals surface area contributed by atoms with E-state index < -0.39 is 0 Å². The van der Waals surface area contributed by atoms with Crippen molar-refractivity contribution in [2.45, 2.75) is 20.3 Å². The van der Waals surface area contributed by atoms with Gasteiger partial charge in [0.05, 0.1) is 5.52 Å². The molecule has 0 fully saturated rings. The van der Waals surface area contributed by atoms with Crippen molar-refractivity contribution >= 4 is 39.3 Å². The Balaban J connectivity index is 1.51. The lowest BCUT2D eigenvalue weighted by atomic mass is 10.0. The molecule has 4 aromatic rings. The minimum Gasteiger partial charge on any atom is -0.356 e. The van der Waals surface area contributed by atoms with Crippen molar-refractivity contribution in [2.75, 3.05) is 6.54 Å². The molecule has 0 saturated heterocycles. The maximum Gasteiger partial charge on any atom is 0.267 e. The second-order valence-corrected chi connectivity index (χ2v) is 7.20. The van der Waals surface area contributed by atoms with E-state index >= 15 is 0 Å². The van der Waals surface area contributed by atoms with Crippen LogP contribution in [0.15, 0.2) is 36.4 Å². The Morgan fingerprint density at radius 2 is 1.96 bits per heavy atom. The highest BCUT2D eigenvalue weighted by Gasteiger charge is 2.15. The number of hydrogen-bond acceptors (Lipinski definition) is 1. The fourth-order valence-electron chi connectivity index (χ4n) is 3.58. The molecule has 0 aliphatic rings. The van der Waals surface area contributed by atoms with E-state index in [4.69, 9.17) is 11.6 Å². The van der Waals surface area contributed by atoms with E-state index in [2.05, 4.69) is 15.3 Å². The van der Waals surface area contributed by atoms with Gasteiger partial charge in [0.2, 0.25) is 0 Å². The summed E-state index contributed by atoms with van der Waals surface area (Å²) in [5.41, 5.74) is 4.86. The summed E-state index contributed by atoms with van der Waals surface area (Å²) in [5, 5.41) is 5.36. The van der Waals surface area contributed by atoms with E-state index in [1.54, 1.807) is 18.2 Å². The number of H-pyrrole nitrogens is 2. The van der Waals surface area contributed by atoms with Gasteiger partial charge in [0.25, 0.3) is 5.91 Å². The molecular formula is C21H19ClFN3O. The maximum atomic E-state index is 14.0. The van der Waals surface area contributed by atoms with Gasteiger partial charge in [0, 0.05) is 33.6 Å². The molecule has 0 aliphatic carbocycles. The first-order valence-electron chi connectivity index (χ1n) is 8.77. The van der Waals surface area contributed by atoms with E-state index in [0.717, 1.165) is 33.1 Å². The zero-order chi connectivity index (χ0) is 19.1. The van der Waals surface area contributed by atoms with Crippen LogP contribution in [0.5, 0.6) is 0 Å². The number of fused-ring (bicyclic) bond motifs is 2. The van der Waals surface area contributed by atoms with Crippen LogP contribution in [-0.4, -0.2) is 22.4 Å². The third kappa shape index (κ3) is 3.19. The van der Waals surface area contributed by atoms with Gasteiger partial charge in [-0.2, -0.15) is 0 Å². The maximum absolute atomic E-state index is 14.0. The smallest absolute Gasteiger partial charge is 0.267 e. The molecule has 2 aromatic heterocycles. The minimum absolute atomic E-state index is 0.178. The van der Waals surface area contributed by atoms with Crippen LogP contribution >= 0.6 is 11.6 Å². The van der Waals surface area contributed by atoms with E-state index in [-0.39, 0.29) is 11.7 Å². The van der Waals surface area contributed by atoms with Gasteiger partial charge >= 0.3 is 0 Å². The lowest BCUT2D eigenvalue weighted by Crippen LogP contribution is -2.26. The summed E-state index contributed by atoms with van der Waals surface area (Å²) >= 11 is 5.99. The zero-order valence-electron chi connectivity index (χ0n) is 15.0.